The van der Waals surface area contributed by atoms with Gasteiger partial charge in [-0.05, 0) is 66.1 Å². The second-order valence-electron chi connectivity index (χ2n) is 8.21. The maximum atomic E-state index is 13.7. The average molecular weight is 518 g/mol. The highest BCUT2D eigenvalue weighted by Gasteiger charge is 2.35. The summed E-state index contributed by atoms with van der Waals surface area (Å²) in [5.41, 5.74) is 3.93. The van der Waals surface area contributed by atoms with Crippen LogP contribution in [0.3, 0.4) is 0 Å². The molecule has 190 valence electrons. The van der Waals surface area contributed by atoms with Gasteiger partial charge in [-0.1, -0.05) is 38.1 Å². The molecule has 4 rings (SSSR count). The molecule has 0 aromatic heterocycles. The first-order valence-electron chi connectivity index (χ1n) is 11.8. The van der Waals surface area contributed by atoms with Crippen LogP contribution in [0.15, 0.2) is 70.6 Å². The largest absolute Gasteiger partial charge is 0.496 e. The zero-order chi connectivity index (χ0) is 26.5. The molecule has 0 atom stereocenters. The first kappa shape index (κ1) is 26.0. The number of thioether (sulfide) groups is 1. The summed E-state index contributed by atoms with van der Waals surface area (Å²) >= 11 is 1.21. The predicted octanol–water partition coefficient (Wildman–Crippen LogP) is 6.55. The lowest BCUT2D eigenvalue weighted by atomic mass is 10.1. The summed E-state index contributed by atoms with van der Waals surface area (Å²) in [5, 5.41) is 12.1. The fraction of sp³-hybridized carbons (Fsp3) is 0.214. The Morgan fingerprint density at radius 2 is 1.54 bits per heavy atom. The van der Waals surface area contributed by atoms with Crippen LogP contribution in [0, 0.1) is 10.1 Å². The van der Waals surface area contributed by atoms with E-state index in [-0.39, 0.29) is 17.3 Å². The Morgan fingerprint density at radius 1 is 0.946 bits per heavy atom. The first-order valence-corrected chi connectivity index (χ1v) is 12.6. The van der Waals surface area contributed by atoms with Crippen LogP contribution in [-0.4, -0.2) is 30.2 Å². The zero-order valence-corrected chi connectivity index (χ0v) is 21.9. The van der Waals surface area contributed by atoms with Gasteiger partial charge in [0, 0.05) is 17.7 Å². The molecular formula is C28H27N3O5S. The van der Waals surface area contributed by atoms with E-state index in [1.165, 1.54) is 43.7 Å². The molecule has 8 nitrogen and oxygen atoms in total. The van der Waals surface area contributed by atoms with Gasteiger partial charge < -0.3 is 9.47 Å². The summed E-state index contributed by atoms with van der Waals surface area (Å²) in [4.78, 5) is 31.4. The number of amides is 1. The van der Waals surface area contributed by atoms with Gasteiger partial charge in [0.05, 0.1) is 35.4 Å². The highest BCUT2D eigenvalue weighted by molar-refractivity contribution is 8.19. The Balaban J connectivity index is 1.81. The van der Waals surface area contributed by atoms with E-state index in [4.69, 9.17) is 14.5 Å². The molecular weight excluding hydrogens is 490 g/mol. The van der Waals surface area contributed by atoms with E-state index < -0.39 is 4.92 Å². The molecule has 0 radical (unpaired) electrons. The monoisotopic (exact) mass is 517 g/mol. The molecule has 3 aromatic carbocycles. The SMILES string of the molecule is CCc1ccc(N=C2S/C(=C\c3cc([N+](=O)[O-])c(OC)cc3OC)C(=O)N2c2ccc(CC)cc2)cc1. The lowest BCUT2D eigenvalue weighted by Gasteiger charge is -2.16. The normalized spacial score (nSPS) is 15.5. The van der Waals surface area contributed by atoms with Gasteiger partial charge in [0.2, 0.25) is 5.75 Å². The molecule has 1 heterocycles. The summed E-state index contributed by atoms with van der Waals surface area (Å²) in [7, 11) is 2.81. The van der Waals surface area contributed by atoms with Crippen molar-refractivity contribution in [3.63, 3.8) is 0 Å². The fourth-order valence-electron chi connectivity index (χ4n) is 3.88. The zero-order valence-electron chi connectivity index (χ0n) is 21.1. The van der Waals surface area contributed by atoms with Crippen molar-refractivity contribution in [3.05, 3.63) is 92.4 Å². The van der Waals surface area contributed by atoms with Crippen molar-refractivity contribution in [1.82, 2.24) is 0 Å². The minimum absolute atomic E-state index is 0.0739. The molecule has 0 spiro atoms. The number of aryl methyl sites for hydroxylation is 2. The van der Waals surface area contributed by atoms with E-state index in [9.17, 15) is 14.9 Å². The maximum absolute atomic E-state index is 13.7. The summed E-state index contributed by atoms with van der Waals surface area (Å²) in [6.45, 7) is 4.16. The van der Waals surface area contributed by atoms with Gasteiger partial charge in [0.25, 0.3) is 5.91 Å². The van der Waals surface area contributed by atoms with E-state index in [1.54, 1.807) is 11.0 Å². The standard InChI is InChI=1S/C28H27N3O5S/c1-5-18-7-11-21(12-8-18)29-28-30(22-13-9-19(6-2)10-14-22)27(32)26(37-28)16-20-15-23(31(33)34)25(36-4)17-24(20)35-3/h7-17H,5-6H2,1-4H3/b26-16-,29-28?. The van der Waals surface area contributed by atoms with Crippen LogP contribution in [0.1, 0.15) is 30.5 Å². The number of nitro benzene ring substituents is 1. The number of anilines is 1. The van der Waals surface area contributed by atoms with E-state index in [0.717, 1.165) is 24.1 Å². The number of aliphatic imine (C=N–C) groups is 1. The van der Waals surface area contributed by atoms with Crippen molar-refractivity contribution in [2.24, 2.45) is 4.99 Å². The number of nitro groups is 1. The average Bonchev–Trinajstić information content (AvgIpc) is 3.22. The lowest BCUT2D eigenvalue weighted by molar-refractivity contribution is -0.385. The second-order valence-corrected chi connectivity index (χ2v) is 9.22. The molecule has 1 amide bonds. The van der Waals surface area contributed by atoms with Gasteiger partial charge in [0.1, 0.15) is 5.75 Å². The number of ether oxygens (including phenoxy) is 2. The Bertz CT molecular complexity index is 1380. The van der Waals surface area contributed by atoms with Crippen molar-refractivity contribution >= 4 is 46.0 Å². The van der Waals surface area contributed by atoms with Crippen molar-refractivity contribution < 1.29 is 19.2 Å². The molecule has 0 bridgehead atoms. The topological polar surface area (TPSA) is 94.3 Å². The molecule has 1 aliphatic rings. The Morgan fingerprint density at radius 3 is 2.08 bits per heavy atom. The molecule has 0 saturated carbocycles. The Kier molecular flexibility index (Phi) is 7.93. The molecule has 3 aromatic rings. The number of carbonyl (C=O) groups excluding carboxylic acids is 1. The van der Waals surface area contributed by atoms with Gasteiger partial charge in [-0.15, -0.1) is 0 Å². The molecule has 0 N–H and O–H groups in total. The Labute approximate surface area is 219 Å². The van der Waals surface area contributed by atoms with Crippen LogP contribution < -0.4 is 14.4 Å². The fourth-order valence-corrected chi connectivity index (χ4v) is 4.87. The minimum atomic E-state index is -0.529. The molecule has 9 heteroatoms. The third kappa shape index (κ3) is 5.51. The molecule has 1 aliphatic heterocycles. The van der Waals surface area contributed by atoms with E-state index in [0.29, 0.717) is 27.1 Å². The summed E-state index contributed by atoms with van der Waals surface area (Å²) in [5.74, 6) is 0.145. The number of nitrogens with zero attached hydrogens (tertiary/aromatic N) is 3. The molecule has 1 fully saturated rings. The van der Waals surface area contributed by atoms with Crippen molar-refractivity contribution in [1.29, 1.82) is 0 Å². The van der Waals surface area contributed by atoms with Gasteiger partial charge in [0.15, 0.2) is 5.17 Å². The first-order chi connectivity index (χ1) is 17.9. The van der Waals surface area contributed by atoms with Crippen LogP contribution in [0.25, 0.3) is 6.08 Å². The van der Waals surface area contributed by atoms with Gasteiger partial charge in [-0.25, -0.2) is 4.99 Å². The van der Waals surface area contributed by atoms with Crippen molar-refractivity contribution in [3.8, 4) is 11.5 Å². The number of methoxy groups -OCH3 is 2. The molecule has 0 aliphatic carbocycles. The smallest absolute Gasteiger partial charge is 0.311 e. The van der Waals surface area contributed by atoms with E-state index >= 15 is 0 Å². The number of hydrogen-bond acceptors (Lipinski definition) is 7. The molecule has 0 unspecified atom stereocenters. The minimum Gasteiger partial charge on any atom is -0.496 e. The quantitative estimate of drug-likeness (QED) is 0.191. The lowest BCUT2D eigenvalue weighted by Crippen LogP contribution is -2.28. The predicted molar refractivity (Wildman–Crippen MR) is 148 cm³/mol. The molecule has 37 heavy (non-hydrogen) atoms. The Hall–Kier alpha value is -4.11. The van der Waals surface area contributed by atoms with E-state index in [2.05, 4.69) is 13.8 Å². The highest BCUT2D eigenvalue weighted by atomic mass is 32.2. The number of benzene rings is 3. The highest BCUT2D eigenvalue weighted by Crippen LogP contribution is 2.41. The second kappa shape index (κ2) is 11.3. The summed E-state index contributed by atoms with van der Waals surface area (Å²) in [6.07, 6.45) is 3.39. The number of hydrogen-bond donors (Lipinski definition) is 0. The van der Waals surface area contributed by atoms with Crippen LogP contribution in [0.4, 0.5) is 17.1 Å². The van der Waals surface area contributed by atoms with E-state index in [1.807, 2.05) is 48.5 Å². The number of rotatable bonds is 8. The van der Waals surface area contributed by atoms with Gasteiger partial charge in [-0.3, -0.25) is 19.8 Å². The van der Waals surface area contributed by atoms with Crippen LogP contribution in [0.2, 0.25) is 0 Å². The summed E-state index contributed by atoms with van der Waals surface area (Å²) < 4.78 is 10.6. The van der Waals surface area contributed by atoms with Crippen molar-refractivity contribution in [2.75, 3.05) is 19.1 Å². The van der Waals surface area contributed by atoms with Crippen LogP contribution in [0.5, 0.6) is 11.5 Å². The third-order valence-corrected chi connectivity index (χ3v) is 6.96. The summed E-state index contributed by atoms with van der Waals surface area (Å²) in [6, 6.07) is 18.4. The number of amidine groups is 1. The van der Waals surface area contributed by atoms with Gasteiger partial charge in [-0.2, -0.15) is 0 Å². The number of carbonyl (C=O) groups is 1. The molecule has 1 saturated heterocycles. The van der Waals surface area contributed by atoms with Crippen molar-refractivity contribution in [2.45, 2.75) is 26.7 Å². The third-order valence-electron chi connectivity index (χ3n) is 5.99. The van der Waals surface area contributed by atoms with Gasteiger partial charge >= 0.3 is 5.69 Å². The van der Waals surface area contributed by atoms with Crippen LogP contribution in [-0.2, 0) is 17.6 Å². The maximum Gasteiger partial charge on any atom is 0.311 e. The van der Waals surface area contributed by atoms with Crippen LogP contribution >= 0.6 is 11.8 Å².